The first-order valence-corrected chi connectivity index (χ1v) is 8.69. The van der Waals surface area contributed by atoms with Crippen molar-refractivity contribution < 1.29 is 32.5 Å². The Kier molecular flexibility index (Phi) is 3.28. The number of rotatable bonds is 1. The Labute approximate surface area is 152 Å². The molecule has 0 aromatic heterocycles. The molecular formula is C18H15F3N2O4. The smallest absolute Gasteiger partial charge is 0.390 e. The first-order chi connectivity index (χ1) is 12.8. The lowest BCUT2D eigenvalue weighted by molar-refractivity contribution is -0.138. The van der Waals surface area contributed by atoms with E-state index in [4.69, 9.17) is 14.7 Å². The molecule has 2 bridgehead atoms. The van der Waals surface area contributed by atoms with Gasteiger partial charge in [-0.3, -0.25) is 9.69 Å². The van der Waals surface area contributed by atoms with Crippen molar-refractivity contribution >= 4 is 11.6 Å². The lowest BCUT2D eigenvalue weighted by Crippen LogP contribution is -2.52. The van der Waals surface area contributed by atoms with Crippen LogP contribution in [0.5, 0.6) is 0 Å². The van der Waals surface area contributed by atoms with E-state index in [0.29, 0.717) is 19.4 Å². The van der Waals surface area contributed by atoms with E-state index in [1.54, 1.807) is 0 Å². The number of halogens is 3. The maximum Gasteiger partial charge on any atom is 0.417 e. The van der Waals surface area contributed by atoms with Crippen LogP contribution in [0.3, 0.4) is 0 Å². The predicted octanol–water partition coefficient (Wildman–Crippen LogP) is 1.80. The summed E-state index contributed by atoms with van der Waals surface area (Å²) in [6.07, 6.45) is -5.92. The zero-order valence-electron chi connectivity index (χ0n) is 13.9. The molecule has 4 aliphatic heterocycles. The van der Waals surface area contributed by atoms with Gasteiger partial charge >= 0.3 is 6.18 Å². The van der Waals surface area contributed by atoms with Crippen molar-refractivity contribution in [2.24, 2.45) is 11.8 Å². The molecular weight excluding hydrogens is 365 g/mol. The van der Waals surface area contributed by atoms with Crippen molar-refractivity contribution in [2.45, 2.75) is 43.1 Å². The van der Waals surface area contributed by atoms with Gasteiger partial charge in [-0.05, 0) is 18.2 Å². The van der Waals surface area contributed by atoms with Gasteiger partial charge in [0.25, 0.3) is 0 Å². The lowest BCUT2D eigenvalue weighted by Gasteiger charge is -2.42. The molecule has 142 valence electrons. The molecule has 0 aliphatic carbocycles. The van der Waals surface area contributed by atoms with E-state index >= 15 is 0 Å². The van der Waals surface area contributed by atoms with Crippen LogP contribution in [0.15, 0.2) is 18.2 Å². The number of hydrogen-bond acceptors (Lipinski definition) is 5. The number of nitrogens with zero attached hydrogens (tertiary/aromatic N) is 2. The summed E-state index contributed by atoms with van der Waals surface area (Å²) in [6.45, 7) is 0.291. The number of carbonyl (C=O) groups is 1. The number of amides is 1. The Hall–Kier alpha value is -2.15. The molecule has 4 heterocycles. The average molecular weight is 380 g/mol. The third-order valence-electron chi connectivity index (χ3n) is 6.26. The van der Waals surface area contributed by atoms with Crippen molar-refractivity contribution in [3.8, 4) is 6.07 Å². The molecule has 1 aromatic carbocycles. The van der Waals surface area contributed by atoms with Crippen molar-refractivity contribution in [1.82, 2.24) is 0 Å². The molecule has 1 N–H and O–H groups in total. The first kappa shape index (κ1) is 17.0. The Morgan fingerprint density at radius 1 is 1.37 bits per heavy atom. The number of nitriles is 1. The molecule has 0 unspecified atom stereocenters. The minimum atomic E-state index is -4.72. The SMILES string of the molecule is N#Cc1ccc(N2C(=O)[C@H]3[C@H]4O[C@]5(CCO[C@@H]2[C@@H]35)C[C@@H]4O)cc1C(F)(F)F. The number of anilines is 1. The normalized spacial score (nSPS) is 39.6. The fourth-order valence-corrected chi connectivity index (χ4v) is 5.25. The summed E-state index contributed by atoms with van der Waals surface area (Å²) in [5.41, 5.74) is -2.21. The van der Waals surface area contributed by atoms with E-state index in [1.807, 2.05) is 0 Å². The van der Waals surface area contributed by atoms with Crippen LogP contribution in [0, 0.1) is 23.2 Å². The first-order valence-electron chi connectivity index (χ1n) is 8.69. The standard InChI is InChI=1S/C18H15F3N2O4/c19-18(20,21)10-5-9(2-1-8(10)7-22)23-15(25)12-13-16(23)26-4-3-17(13)6-11(24)14(12)27-17/h1-2,5,11-14,16,24H,3-4,6H2/t11-,12+,13+,14-,16+,17+/m0/s1. The summed E-state index contributed by atoms with van der Waals surface area (Å²) >= 11 is 0. The largest absolute Gasteiger partial charge is 0.417 e. The molecule has 4 fully saturated rings. The minimum absolute atomic E-state index is 0.0386. The summed E-state index contributed by atoms with van der Waals surface area (Å²) in [6, 6.07) is 4.75. The van der Waals surface area contributed by atoms with Crippen LogP contribution in [0.4, 0.5) is 18.9 Å². The van der Waals surface area contributed by atoms with E-state index in [9.17, 15) is 23.1 Å². The Morgan fingerprint density at radius 2 is 2.15 bits per heavy atom. The highest BCUT2D eigenvalue weighted by atomic mass is 19.4. The molecule has 1 spiro atoms. The molecule has 9 heteroatoms. The average Bonchev–Trinajstić information content (AvgIpc) is 3.22. The van der Waals surface area contributed by atoms with Gasteiger partial charge in [0.05, 0.1) is 47.5 Å². The van der Waals surface area contributed by atoms with E-state index in [-0.39, 0.29) is 11.6 Å². The summed E-state index contributed by atoms with van der Waals surface area (Å²) in [7, 11) is 0. The molecule has 6 nitrogen and oxygen atoms in total. The number of carbonyl (C=O) groups excluding carboxylic acids is 1. The van der Waals surface area contributed by atoms with Gasteiger partial charge in [-0.1, -0.05) is 0 Å². The number of ether oxygens (including phenoxy) is 2. The van der Waals surface area contributed by atoms with Gasteiger partial charge in [0.15, 0.2) is 0 Å². The summed E-state index contributed by atoms with van der Waals surface area (Å²) in [5, 5.41) is 19.2. The summed E-state index contributed by atoms with van der Waals surface area (Å²) in [4.78, 5) is 14.3. The van der Waals surface area contributed by atoms with Crippen LogP contribution in [-0.2, 0) is 20.4 Å². The Bertz CT molecular complexity index is 882. The third-order valence-corrected chi connectivity index (χ3v) is 6.26. The zero-order valence-corrected chi connectivity index (χ0v) is 13.9. The Balaban J connectivity index is 1.60. The molecule has 5 rings (SSSR count). The van der Waals surface area contributed by atoms with E-state index in [0.717, 1.165) is 12.1 Å². The third kappa shape index (κ3) is 2.09. The van der Waals surface area contributed by atoms with Gasteiger partial charge in [0.2, 0.25) is 5.91 Å². The molecule has 27 heavy (non-hydrogen) atoms. The summed E-state index contributed by atoms with van der Waals surface area (Å²) < 4.78 is 51.7. The van der Waals surface area contributed by atoms with Gasteiger partial charge in [0, 0.05) is 24.4 Å². The quantitative estimate of drug-likeness (QED) is 0.804. The number of fused-ring (bicyclic) bond motifs is 2. The number of alkyl halides is 3. The fraction of sp³-hybridized carbons (Fsp3) is 0.556. The maximum atomic E-state index is 13.3. The highest BCUT2D eigenvalue weighted by molar-refractivity contribution is 5.99. The maximum absolute atomic E-state index is 13.3. The monoisotopic (exact) mass is 380 g/mol. The molecule has 4 aliphatic rings. The van der Waals surface area contributed by atoms with Gasteiger partial charge in [0.1, 0.15) is 6.23 Å². The molecule has 1 amide bonds. The molecule has 0 saturated carbocycles. The van der Waals surface area contributed by atoms with E-state index in [2.05, 4.69) is 0 Å². The highest BCUT2D eigenvalue weighted by Gasteiger charge is 2.73. The number of aliphatic hydroxyl groups excluding tert-OH is 1. The molecule has 1 aromatic rings. The van der Waals surface area contributed by atoms with Crippen LogP contribution in [0.25, 0.3) is 0 Å². The van der Waals surface area contributed by atoms with Gasteiger partial charge < -0.3 is 14.6 Å². The van der Waals surface area contributed by atoms with Crippen LogP contribution < -0.4 is 4.90 Å². The number of hydrogen-bond donors (Lipinski definition) is 1. The fourth-order valence-electron chi connectivity index (χ4n) is 5.25. The second kappa shape index (κ2) is 5.22. The van der Waals surface area contributed by atoms with E-state index in [1.165, 1.54) is 17.0 Å². The van der Waals surface area contributed by atoms with E-state index < -0.39 is 53.2 Å². The van der Waals surface area contributed by atoms with Crippen LogP contribution in [0.1, 0.15) is 24.0 Å². The molecule has 0 radical (unpaired) electrons. The van der Waals surface area contributed by atoms with Gasteiger partial charge in [-0.15, -0.1) is 0 Å². The predicted molar refractivity (Wildman–Crippen MR) is 83.2 cm³/mol. The number of aliphatic hydroxyl groups is 1. The highest BCUT2D eigenvalue weighted by Crippen LogP contribution is 2.60. The van der Waals surface area contributed by atoms with Crippen LogP contribution in [-0.4, -0.2) is 41.7 Å². The van der Waals surface area contributed by atoms with Crippen molar-refractivity contribution in [3.63, 3.8) is 0 Å². The second-order valence-corrected chi connectivity index (χ2v) is 7.53. The van der Waals surface area contributed by atoms with Crippen molar-refractivity contribution in [2.75, 3.05) is 11.5 Å². The molecule has 4 saturated heterocycles. The van der Waals surface area contributed by atoms with Gasteiger partial charge in [-0.25, -0.2) is 0 Å². The van der Waals surface area contributed by atoms with Gasteiger partial charge in [-0.2, -0.15) is 18.4 Å². The van der Waals surface area contributed by atoms with Crippen LogP contribution in [0.2, 0.25) is 0 Å². The Morgan fingerprint density at radius 3 is 2.85 bits per heavy atom. The second-order valence-electron chi connectivity index (χ2n) is 7.53. The molecule has 6 atom stereocenters. The van der Waals surface area contributed by atoms with Crippen molar-refractivity contribution in [1.29, 1.82) is 5.26 Å². The zero-order chi connectivity index (χ0) is 19.1. The van der Waals surface area contributed by atoms with Crippen molar-refractivity contribution in [3.05, 3.63) is 29.3 Å². The lowest BCUT2D eigenvalue weighted by atomic mass is 9.69. The van der Waals surface area contributed by atoms with Crippen LogP contribution >= 0.6 is 0 Å². The topological polar surface area (TPSA) is 82.8 Å². The number of benzene rings is 1. The minimum Gasteiger partial charge on any atom is -0.390 e. The summed E-state index contributed by atoms with van der Waals surface area (Å²) in [5.74, 6) is -1.36.